The van der Waals surface area contributed by atoms with Gasteiger partial charge in [0.05, 0.1) is 11.3 Å². The van der Waals surface area contributed by atoms with Gasteiger partial charge >= 0.3 is 0 Å². The molecule has 5 heteroatoms. The summed E-state index contributed by atoms with van der Waals surface area (Å²) in [5, 5.41) is 11.0. The maximum absolute atomic E-state index is 12.3. The molecule has 2 heterocycles. The molecule has 0 aliphatic carbocycles. The molecule has 1 N–H and O–H groups in total. The molecule has 0 saturated heterocycles. The van der Waals surface area contributed by atoms with Crippen LogP contribution in [-0.2, 0) is 4.79 Å². The predicted molar refractivity (Wildman–Crippen MR) is 108 cm³/mol. The number of amidine groups is 2. The summed E-state index contributed by atoms with van der Waals surface area (Å²) in [5.74, 6) is -0.230. The van der Waals surface area contributed by atoms with Gasteiger partial charge in [-0.05, 0) is 17.2 Å². The Morgan fingerprint density at radius 1 is 1.00 bits per heavy atom. The van der Waals surface area contributed by atoms with Crippen LogP contribution in [0.15, 0.2) is 88.8 Å². The Balaban J connectivity index is 1.64. The molecule has 0 radical (unpaired) electrons. The minimum atomic E-state index is -0.380. The predicted octanol–water partition coefficient (Wildman–Crippen LogP) is 4.55. The maximum Gasteiger partial charge on any atom is 0.283 e. The van der Waals surface area contributed by atoms with Crippen molar-refractivity contribution in [2.24, 2.45) is 4.99 Å². The molecule has 0 aromatic heterocycles. The lowest BCUT2D eigenvalue weighted by molar-refractivity contribution is -0.114. The number of nitrogens with one attached hydrogen (secondary N) is 1. The van der Waals surface area contributed by atoms with Gasteiger partial charge in [0.1, 0.15) is 5.84 Å². The number of nitrogens with zero attached hydrogens (tertiary/aromatic N) is 2. The van der Waals surface area contributed by atoms with E-state index in [0.717, 1.165) is 16.8 Å². The second-order valence-electron chi connectivity index (χ2n) is 5.72. The number of benzene rings is 2. The fourth-order valence-electron chi connectivity index (χ4n) is 2.75. The number of thioether (sulfide) groups is 1. The normalized spacial score (nSPS) is 18.3. The topological polar surface area (TPSA) is 56.5 Å². The summed E-state index contributed by atoms with van der Waals surface area (Å²) in [6.45, 7) is 0. The van der Waals surface area contributed by atoms with Crippen LogP contribution in [0.2, 0.25) is 0 Å². The fourth-order valence-corrected chi connectivity index (χ4v) is 3.64. The summed E-state index contributed by atoms with van der Waals surface area (Å²) in [4.78, 5) is 18.2. The minimum Gasteiger partial charge on any atom is -0.283 e. The number of fused-ring (bicyclic) bond motifs is 1. The Morgan fingerprint density at radius 3 is 2.42 bits per heavy atom. The SMILES string of the molecule is N=C1/C(=C/C=C/c2ccccc2)C(=O)N=C2SC=C(c3ccccc3)N12. The zero-order valence-electron chi connectivity index (χ0n) is 13.8. The molecule has 126 valence electrons. The highest BCUT2D eigenvalue weighted by Crippen LogP contribution is 2.36. The first-order chi connectivity index (χ1) is 12.7. The number of allylic oxidation sites excluding steroid dienone is 2. The quantitative estimate of drug-likeness (QED) is 0.820. The Kier molecular flexibility index (Phi) is 4.37. The lowest BCUT2D eigenvalue weighted by atomic mass is 10.1. The molecule has 0 bridgehead atoms. The van der Waals surface area contributed by atoms with Gasteiger partial charge in [0, 0.05) is 5.41 Å². The molecular weight excluding hydrogens is 342 g/mol. The summed E-state index contributed by atoms with van der Waals surface area (Å²) >= 11 is 1.37. The van der Waals surface area contributed by atoms with Crippen LogP contribution in [0, 0.1) is 5.41 Å². The molecule has 2 aliphatic rings. The molecule has 2 aliphatic heterocycles. The molecule has 2 aromatic carbocycles. The zero-order valence-corrected chi connectivity index (χ0v) is 14.6. The van der Waals surface area contributed by atoms with Gasteiger partial charge in [-0.1, -0.05) is 84.6 Å². The van der Waals surface area contributed by atoms with Gasteiger partial charge < -0.3 is 0 Å². The molecule has 0 atom stereocenters. The van der Waals surface area contributed by atoms with Crippen LogP contribution in [0.5, 0.6) is 0 Å². The van der Waals surface area contributed by atoms with E-state index in [4.69, 9.17) is 5.41 Å². The number of carbonyl (C=O) groups excluding carboxylic acids is 1. The van der Waals surface area contributed by atoms with Crippen LogP contribution in [-0.4, -0.2) is 21.8 Å². The third-order valence-corrected chi connectivity index (χ3v) is 4.86. The summed E-state index contributed by atoms with van der Waals surface area (Å²) < 4.78 is 0. The van der Waals surface area contributed by atoms with Crippen molar-refractivity contribution >= 4 is 40.4 Å². The molecule has 0 unspecified atom stereocenters. The van der Waals surface area contributed by atoms with Gasteiger partial charge in [-0.2, -0.15) is 4.99 Å². The average Bonchev–Trinajstić information content (AvgIpc) is 3.10. The number of aliphatic imine (C=N–C) groups is 1. The van der Waals surface area contributed by atoms with E-state index in [9.17, 15) is 4.79 Å². The summed E-state index contributed by atoms with van der Waals surface area (Å²) in [6, 6.07) is 19.6. The Hall–Kier alpha value is -3.18. The average molecular weight is 357 g/mol. The molecule has 0 fully saturated rings. The van der Waals surface area contributed by atoms with Crippen LogP contribution in [0.1, 0.15) is 11.1 Å². The van der Waals surface area contributed by atoms with Gasteiger partial charge in [0.25, 0.3) is 5.91 Å². The Labute approximate surface area is 155 Å². The van der Waals surface area contributed by atoms with Crippen molar-refractivity contribution in [1.29, 1.82) is 5.41 Å². The molecule has 0 spiro atoms. The number of rotatable bonds is 3. The van der Waals surface area contributed by atoms with Gasteiger partial charge in [-0.25, -0.2) is 0 Å². The highest BCUT2D eigenvalue weighted by Gasteiger charge is 2.35. The Bertz CT molecular complexity index is 988. The molecule has 1 amide bonds. The maximum atomic E-state index is 12.3. The van der Waals surface area contributed by atoms with E-state index in [0.29, 0.717) is 5.17 Å². The van der Waals surface area contributed by atoms with Crippen molar-refractivity contribution in [3.63, 3.8) is 0 Å². The van der Waals surface area contributed by atoms with Crippen molar-refractivity contribution in [2.45, 2.75) is 0 Å². The van der Waals surface area contributed by atoms with E-state index in [1.165, 1.54) is 11.8 Å². The van der Waals surface area contributed by atoms with Gasteiger partial charge in [-0.3, -0.25) is 15.1 Å². The van der Waals surface area contributed by atoms with Gasteiger partial charge in [0.2, 0.25) is 0 Å². The number of carbonyl (C=O) groups is 1. The lowest BCUT2D eigenvalue weighted by Crippen LogP contribution is -2.38. The van der Waals surface area contributed by atoms with Crippen LogP contribution in [0.4, 0.5) is 0 Å². The van der Waals surface area contributed by atoms with E-state index in [1.54, 1.807) is 17.1 Å². The fraction of sp³-hybridized carbons (Fsp3) is 0. The van der Waals surface area contributed by atoms with Crippen molar-refractivity contribution in [1.82, 2.24) is 4.90 Å². The van der Waals surface area contributed by atoms with Crippen molar-refractivity contribution in [2.75, 3.05) is 0 Å². The number of hydrogen-bond acceptors (Lipinski definition) is 3. The highest BCUT2D eigenvalue weighted by atomic mass is 32.2. The van der Waals surface area contributed by atoms with Crippen molar-refractivity contribution < 1.29 is 4.79 Å². The molecule has 0 saturated carbocycles. The van der Waals surface area contributed by atoms with Gasteiger partial charge in [0.15, 0.2) is 5.17 Å². The van der Waals surface area contributed by atoms with Crippen molar-refractivity contribution in [3.8, 4) is 0 Å². The third-order valence-electron chi connectivity index (χ3n) is 4.04. The third kappa shape index (κ3) is 3.05. The van der Waals surface area contributed by atoms with E-state index < -0.39 is 0 Å². The first-order valence-electron chi connectivity index (χ1n) is 8.12. The zero-order chi connectivity index (χ0) is 17.9. The van der Waals surface area contributed by atoms with Crippen LogP contribution in [0.3, 0.4) is 0 Å². The van der Waals surface area contributed by atoms with Crippen LogP contribution in [0.25, 0.3) is 11.8 Å². The second kappa shape index (κ2) is 6.98. The summed E-state index contributed by atoms with van der Waals surface area (Å²) in [5.41, 5.74) is 3.17. The van der Waals surface area contributed by atoms with E-state index >= 15 is 0 Å². The first-order valence-corrected chi connectivity index (χ1v) is 9.00. The molecular formula is C21H15N3OS. The molecule has 2 aromatic rings. The lowest BCUT2D eigenvalue weighted by Gasteiger charge is -2.26. The number of amides is 1. The van der Waals surface area contributed by atoms with Crippen molar-refractivity contribution in [3.05, 3.63) is 94.9 Å². The largest absolute Gasteiger partial charge is 0.283 e. The summed E-state index contributed by atoms with van der Waals surface area (Å²) in [7, 11) is 0. The summed E-state index contributed by atoms with van der Waals surface area (Å²) in [6.07, 6.45) is 5.34. The second-order valence-corrected chi connectivity index (χ2v) is 6.56. The van der Waals surface area contributed by atoms with E-state index in [1.807, 2.05) is 72.1 Å². The Morgan fingerprint density at radius 2 is 1.69 bits per heavy atom. The number of hydrogen-bond donors (Lipinski definition) is 1. The minimum absolute atomic E-state index is 0.151. The van der Waals surface area contributed by atoms with E-state index in [2.05, 4.69) is 4.99 Å². The van der Waals surface area contributed by atoms with E-state index in [-0.39, 0.29) is 17.3 Å². The van der Waals surface area contributed by atoms with Crippen LogP contribution < -0.4 is 0 Å². The van der Waals surface area contributed by atoms with Crippen LogP contribution >= 0.6 is 11.8 Å². The first kappa shape index (κ1) is 16.3. The standard InChI is InChI=1S/C21H15N3OS/c22-19-17(13-7-10-15-8-3-1-4-9-15)20(25)23-21-24(19)18(14-26-21)16-11-5-2-6-12-16/h1-14,22H/b10-7+,17-13-,22-19?. The monoisotopic (exact) mass is 357 g/mol. The smallest absolute Gasteiger partial charge is 0.283 e. The molecule has 4 nitrogen and oxygen atoms in total. The molecule has 4 rings (SSSR count). The van der Waals surface area contributed by atoms with Gasteiger partial charge in [-0.15, -0.1) is 0 Å². The highest BCUT2D eigenvalue weighted by molar-refractivity contribution is 8.17. The molecule has 26 heavy (non-hydrogen) atoms.